The third-order valence-corrected chi connectivity index (χ3v) is 9.72. The van der Waals surface area contributed by atoms with Gasteiger partial charge >= 0.3 is 0 Å². The minimum absolute atomic E-state index is 0.0628. The summed E-state index contributed by atoms with van der Waals surface area (Å²) in [6.07, 6.45) is 8.49. The number of aromatic nitrogens is 2. The van der Waals surface area contributed by atoms with E-state index in [0.29, 0.717) is 27.4 Å². The molecule has 4 fully saturated rings. The molecule has 9 nitrogen and oxygen atoms in total. The van der Waals surface area contributed by atoms with Crippen molar-refractivity contribution in [3.05, 3.63) is 46.6 Å². The van der Waals surface area contributed by atoms with Gasteiger partial charge in [-0.15, -0.1) is 10.2 Å². The van der Waals surface area contributed by atoms with Crippen molar-refractivity contribution in [1.82, 2.24) is 25.7 Å². The highest BCUT2D eigenvalue weighted by molar-refractivity contribution is 6.31. The number of anilines is 1. The van der Waals surface area contributed by atoms with Crippen LogP contribution in [0.2, 0.25) is 5.02 Å². The highest BCUT2D eigenvalue weighted by Gasteiger charge is 2.47. The lowest BCUT2D eigenvalue weighted by molar-refractivity contribution is -0.0209. The van der Waals surface area contributed by atoms with Crippen LogP contribution in [-0.4, -0.2) is 78.5 Å². The fourth-order valence-corrected chi connectivity index (χ4v) is 7.13. The number of nitriles is 1. The second-order valence-electron chi connectivity index (χ2n) is 11.9. The Morgan fingerprint density at radius 2 is 1.80 bits per heavy atom. The molecule has 4 aliphatic rings. The van der Waals surface area contributed by atoms with E-state index in [1.807, 2.05) is 6.07 Å². The SMILES string of the molecule is N#Cc1ccc(OC2CCC(NC(=O)c3ccc(N4CCC5(CC4)CC(N4CCNCC4)C5)nn3)CC2)cc1Cl. The predicted molar refractivity (Wildman–Crippen MR) is 154 cm³/mol. The highest BCUT2D eigenvalue weighted by atomic mass is 35.5. The number of piperazine rings is 1. The molecule has 2 saturated heterocycles. The number of hydrogen-bond donors (Lipinski definition) is 2. The molecule has 2 aliphatic carbocycles. The largest absolute Gasteiger partial charge is 0.490 e. The average Bonchev–Trinajstić information content (AvgIpc) is 2.98. The molecule has 2 aliphatic heterocycles. The molecule has 1 spiro atoms. The van der Waals surface area contributed by atoms with Gasteiger partial charge < -0.3 is 20.3 Å². The van der Waals surface area contributed by atoms with Gasteiger partial charge in [0.2, 0.25) is 0 Å². The van der Waals surface area contributed by atoms with E-state index in [1.165, 1.54) is 38.8 Å². The molecule has 0 radical (unpaired) electrons. The second kappa shape index (κ2) is 11.9. The molecule has 0 bridgehead atoms. The molecular weight excluding hydrogens is 526 g/mol. The number of ether oxygens (including phenoxy) is 1. The minimum Gasteiger partial charge on any atom is -0.490 e. The summed E-state index contributed by atoms with van der Waals surface area (Å²) in [5.41, 5.74) is 1.31. The summed E-state index contributed by atoms with van der Waals surface area (Å²) in [5.74, 6) is 1.36. The molecule has 2 N–H and O–H groups in total. The van der Waals surface area contributed by atoms with Crippen LogP contribution in [0.5, 0.6) is 5.75 Å². The Kier molecular flexibility index (Phi) is 8.10. The molecule has 2 saturated carbocycles. The Hall–Kier alpha value is -2.93. The minimum atomic E-state index is -0.173. The Bertz CT molecular complexity index is 1220. The van der Waals surface area contributed by atoms with Gasteiger partial charge in [-0.1, -0.05) is 11.6 Å². The molecule has 2 aromatic rings. The zero-order valence-electron chi connectivity index (χ0n) is 22.9. The van der Waals surface area contributed by atoms with E-state index < -0.39 is 0 Å². The smallest absolute Gasteiger partial charge is 0.272 e. The number of rotatable bonds is 6. The first-order chi connectivity index (χ1) is 19.5. The van der Waals surface area contributed by atoms with Crippen LogP contribution < -0.4 is 20.3 Å². The number of amides is 1. The third kappa shape index (κ3) is 6.04. The number of carbonyl (C=O) groups is 1. The summed E-state index contributed by atoms with van der Waals surface area (Å²) in [4.78, 5) is 17.9. The number of halogens is 1. The number of nitrogens with one attached hydrogen (secondary N) is 2. The Balaban J connectivity index is 0.931. The molecular formula is C30H38ClN7O2. The van der Waals surface area contributed by atoms with Crippen molar-refractivity contribution in [3.8, 4) is 11.8 Å². The van der Waals surface area contributed by atoms with Crippen LogP contribution in [0.3, 0.4) is 0 Å². The number of hydrogen-bond acceptors (Lipinski definition) is 8. The van der Waals surface area contributed by atoms with Crippen LogP contribution in [-0.2, 0) is 0 Å². The summed E-state index contributed by atoms with van der Waals surface area (Å²) >= 11 is 6.12. The van der Waals surface area contributed by atoms with Gasteiger partial charge in [0.25, 0.3) is 5.91 Å². The van der Waals surface area contributed by atoms with Crippen molar-refractivity contribution in [2.45, 2.75) is 69.6 Å². The van der Waals surface area contributed by atoms with Crippen LogP contribution in [0.4, 0.5) is 5.82 Å². The average molecular weight is 564 g/mol. The van der Waals surface area contributed by atoms with Gasteiger partial charge in [0.15, 0.2) is 11.5 Å². The van der Waals surface area contributed by atoms with E-state index in [9.17, 15) is 4.79 Å². The summed E-state index contributed by atoms with van der Waals surface area (Å²) in [5, 5.41) is 24.7. The number of nitrogens with zero attached hydrogens (tertiary/aromatic N) is 5. The van der Waals surface area contributed by atoms with Crippen LogP contribution in [0, 0.1) is 16.7 Å². The first-order valence-corrected chi connectivity index (χ1v) is 15.1. The zero-order chi connectivity index (χ0) is 27.5. The van der Waals surface area contributed by atoms with E-state index in [4.69, 9.17) is 21.6 Å². The maximum atomic E-state index is 12.9. The Labute approximate surface area is 241 Å². The lowest BCUT2D eigenvalue weighted by atomic mass is 9.60. The summed E-state index contributed by atoms with van der Waals surface area (Å²) in [7, 11) is 0. The van der Waals surface area contributed by atoms with Gasteiger partial charge in [0, 0.05) is 57.4 Å². The lowest BCUT2D eigenvalue weighted by Gasteiger charge is -2.56. The van der Waals surface area contributed by atoms with Crippen molar-refractivity contribution >= 4 is 23.3 Å². The number of benzene rings is 1. The zero-order valence-corrected chi connectivity index (χ0v) is 23.7. The van der Waals surface area contributed by atoms with Crippen LogP contribution in [0.25, 0.3) is 0 Å². The van der Waals surface area contributed by atoms with Crippen molar-refractivity contribution < 1.29 is 9.53 Å². The molecule has 0 atom stereocenters. The van der Waals surface area contributed by atoms with Crippen LogP contribution in [0.1, 0.15) is 67.4 Å². The normalized spacial score (nSPS) is 25.1. The topological polar surface area (TPSA) is 106 Å². The molecule has 0 unspecified atom stereocenters. The molecule has 1 aromatic heterocycles. The van der Waals surface area contributed by atoms with Gasteiger partial charge in [-0.3, -0.25) is 9.69 Å². The van der Waals surface area contributed by atoms with Gasteiger partial charge in [0.1, 0.15) is 11.8 Å². The quantitative estimate of drug-likeness (QED) is 0.547. The molecule has 40 heavy (non-hydrogen) atoms. The van der Waals surface area contributed by atoms with Gasteiger partial charge in [-0.25, -0.2) is 0 Å². The molecule has 1 amide bonds. The lowest BCUT2D eigenvalue weighted by Crippen LogP contribution is -2.58. The van der Waals surface area contributed by atoms with Crippen molar-refractivity contribution in [3.63, 3.8) is 0 Å². The van der Waals surface area contributed by atoms with E-state index in [1.54, 1.807) is 24.3 Å². The predicted octanol–water partition coefficient (Wildman–Crippen LogP) is 3.78. The molecule has 1 aromatic carbocycles. The summed E-state index contributed by atoms with van der Waals surface area (Å²) in [6, 6.07) is 11.8. The first kappa shape index (κ1) is 27.3. The highest BCUT2D eigenvalue weighted by Crippen LogP contribution is 2.51. The van der Waals surface area contributed by atoms with Crippen LogP contribution >= 0.6 is 11.6 Å². The van der Waals surface area contributed by atoms with Crippen molar-refractivity contribution in [2.75, 3.05) is 44.2 Å². The Morgan fingerprint density at radius 1 is 1.05 bits per heavy atom. The van der Waals surface area contributed by atoms with Crippen molar-refractivity contribution in [1.29, 1.82) is 5.26 Å². The van der Waals surface area contributed by atoms with Gasteiger partial charge in [-0.2, -0.15) is 5.26 Å². The molecule has 10 heteroatoms. The maximum Gasteiger partial charge on any atom is 0.272 e. The van der Waals surface area contributed by atoms with Crippen molar-refractivity contribution in [2.24, 2.45) is 5.41 Å². The fraction of sp³-hybridized carbons (Fsp3) is 0.600. The Morgan fingerprint density at radius 3 is 2.45 bits per heavy atom. The van der Waals surface area contributed by atoms with E-state index in [-0.39, 0.29) is 18.1 Å². The monoisotopic (exact) mass is 563 g/mol. The molecule has 6 rings (SSSR count). The number of carbonyl (C=O) groups excluding carboxylic acids is 1. The molecule has 212 valence electrons. The molecule has 3 heterocycles. The summed E-state index contributed by atoms with van der Waals surface area (Å²) in [6.45, 7) is 6.64. The maximum absolute atomic E-state index is 12.9. The summed E-state index contributed by atoms with van der Waals surface area (Å²) < 4.78 is 6.06. The fourth-order valence-electron chi connectivity index (χ4n) is 6.92. The van der Waals surface area contributed by atoms with E-state index in [0.717, 1.165) is 63.7 Å². The van der Waals surface area contributed by atoms with Gasteiger partial charge in [-0.05, 0) is 81.0 Å². The van der Waals surface area contributed by atoms with E-state index >= 15 is 0 Å². The van der Waals surface area contributed by atoms with Crippen LogP contribution in [0.15, 0.2) is 30.3 Å². The van der Waals surface area contributed by atoms with Gasteiger partial charge in [0.05, 0.1) is 16.7 Å². The first-order valence-electron chi connectivity index (χ1n) is 14.7. The van der Waals surface area contributed by atoms with E-state index in [2.05, 4.69) is 36.7 Å². The number of piperidine rings is 1. The standard InChI is InChI=1S/C30H38ClN7O2/c31-26-17-25(4-1-21(26)20-32)40-24-5-2-22(3-6-24)34-29(39)27-7-8-28(36-35-27)38-13-9-30(10-14-38)18-23(19-30)37-15-11-33-12-16-37/h1,4,7-8,17,22-24,33H,2-3,5-6,9-16,18-19H2,(H,34,39). The second-order valence-corrected chi connectivity index (χ2v) is 12.3. The third-order valence-electron chi connectivity index (χ3n) is 9.41.